The average molecular weight is 432 g/mol. The molecule has 31 heavy (non-hydrogen) atoms. The smallest absolute Gasteiger partial charge is 0.205 e. The van der Waals surface area contributed by atoms with Gasteiger partial charge < -0.3 is 0 Å². The molecule has 4 aromatic rings. The van der Waals surface area contributed by atoms with Gasteiger partial charge in [0.05, 0.1) is 6.54 Å². The van der Waals surface area contributed by atoms with Gasteiger partial charge >= 0.3 is 0 Å². The molecule has 0 radical (unpaired) electrons. The van der Waals surface area contributed by atoms with E-state index in [0.29, 0.717) is 24.7 Å². The van der Waals surface area contributed by atoms with Crippen LogP contribution in [0.25, 0.3) is 22.5 Å². The summed E-state index contributed by atoms with van der Waals surface area (Å²) in [6.45, 7) is 5.14. The van der Waals surface area contributed by atoms with Crippen molar-refractivity contribution >= 4 is 17.6 Å². The molecule has 0 fully saturated rings. The van der Waals surface area contributed by atoms with Crippen LogP contribution < -0.4 is 0 Å². The highest BCUT2D eigenvalue weighted by Crippen LogP contribution is 2.29. The van der Waals surface area contributed by atoms with E-state index in [1.807, 2.05) is 22.9 Å². The fourth-order valence-electron chi connectivity index (χ4n) is 3.48. The van der Waals surface area contributed by atoms with Gasteiger partial charge in [0, 0.05) is 18.4 Å². The lowest BCUT2D eigenvalue weighted by atomic mass is 9.98. The third kappa shape index (κ3) is 5.08. The van der Waals surface area contributed by atoms with Gasteiger partial charge in [0.25, 0.3) is 0 Å². The Morgan fingerprint density at radius 2 is 1.84 bits per heavy atom. The highest BCUT2D eigenvalue weighted by molar-refractivity contribution is 7.78. The normalized spacial score (nSPS) is 11.2. The lowest BCUT2D eigenvalue weighted by Crippen LogP contribution is -2.08. The fourth-order valence-corrected chi connectivity index (χ4v) is 3.63. The number of H-pyrrole nitrogens is 1. The molecule has 8 heteroatoms. The Kier molecular flexibility index (Phi) is 6.57. The molecule has 0 aliphatic heterocycles. The van der Waals surface area contributed by atoms with Crippen LogP contribution in [-0.4, -0.2) is 40.8 Å². The van der Waals surface area contributed by atoms with E-state index in [-0.39, 0.29) is 0 Å². The summed E-state index contributed by atoms with van der Waals surface area (Å²) in [6.07, 6.45) is 2.61. The number of thiocarbonyl (C=S) groups is 1. The number of tetrazole rings is 1. The fraction of sp³-hybridized carbons (Fsp3) is 0.304. The lowest BCUT2D eigenvalue weighted by Gasteiger charge is -2.10. The highest BCUT2D eigenvalue weighted by Gasteiger charge is 2.13. The summed E-state index contributed by atoms with van der Waals surface area (Å²) in [4.78, 5) is 4.70. The molecule has 0 amide bonds. The van der Waals surface area contributed by atoms with Gasteiger partial charge in [-0.2, -0.15) is 10.3 Å². The summed E-state index contributed by atoms with van der Waals surface area (Å²) in [5, 5.41) is 20.8. The molecule has 0 aliphatic rings. The first-order chi connectivity index (χ1) is 15.1. The molecule has 2 aromatic heterocycles. The molecule has 158 valence electrons. The minimum absolute atomic E-state index is 0.586. The third-order valence-electron chi connectivity index (χ3n) is 5.11. The standard InChI is InChI=1S/C23H25N7S/c1-16(2)7-12-22-24-21(13-14-31)27-30(22)15-17-8-10-18(11-9-17)19-5-3-4-6-20(19)23-25-28-29-26-23/h3-6,8-11,14,16H,7,12-13,15H2,1-2H3,(H,25,26,28,29). The summed E-state index contributed by atoms with van der Waals surface area (Å²) in [6, 6.07) is 16.6. The van der Waals surface area contributed by atoms with Crippen LogP contribution in [0.5, 0.6) is 0 Å². The molecule has 0 aliphatic carbocycles. The van der Waals surface area contributed by atoms with E-state index in [1.165, 1.54) is 5.56 Å². The van der Waals surface area contributed by atoms with Crippen molar-refractivity contribution in [1.82, 2.24) is 35.4 Å². The van der Waals surface area contributed by atoms with E-state index < -0.39 is 0 Å². The van der Waals surface area contributed by atoms with Crippen molar-refractivity contribution in [3.8, 4) is 22.5 Å². The monoisotopic (exact) mass is 431 g/mol. The van der Waals surface area contributed by atoms with Gasteiger partial charge in [-0.3, -0.25) is 0 Å². The number of aromatic nitrogens is 7. The minimum atomic E-state index is 0.586. The third-order valence-corrected chi connectivity index (χ3v) is 5.28. The van der Waals surface area contributed by atoms with Crippen LogP contribution in [0.2, 0.25) is 0 Å². The summed E-state index contributed by atoms with van der Waals surface area (Å²) in [5.74, 6) is 3.02. The van der Waals surface area contributed by atoms with E-state index in [0.717, 1.165) is 41.2 Å². The van der Waals surface area contributed by atoms with Crippen LogP contribution >= 0.6 is 12.2 Å². The molecular formula is C23H25N7S. The van der Waals surface area contributed by atoms with Crippen LogP contribution in [0.15, 0.2) is 48.5 Å². The highest BCUT2D eigenvalue weighted by atomic mass is 32.1. The lowest BCUT2D eigenvalue weighted by molar-refractivity contribution is 0.547. The van der Waals surface area contributed by atoms with Gasteiger partial charge in [0.1, 0.15) is 5.82 Å². The SMILES string of the molecule is CC(C)CCc1nc(CC=S)nn1Cc1ccc(-c2ccccc2-c2nn[nH]n2)cc1. The van der Waals surface area contributed by atoms with Crippen LogP contribution in [0.4, 0.5) is 0 Å². The maximum atomic E-state index is 4.99. The van der Waals surface area contributed by atoms with Gasteiger partial charge in [0.15, 0.2) is 5.82 Å². The molecule has 0 saturated heterocycles. The second kappa shape index (κ2) is 9.70. The molecule has 2 heterocycles. The second-order valence-electron chi connectivity index (χ2n) is 7.88. The zero-order valence-corrected chi connectivity index (χ0v) is 18.5. The molecule has 0 saturated carbocycles. The molecule has 1 N–H and O–H groups in total. The van der Waals surface area contributed by atoms with Crippen molar-refractivity contribution in [2.45, 2.75) is 39.7 Å². The predicted molar refractivity (Wildman–Crippen MR) is 125 cm³/mol. The molecule has 2 aromatic carbocycles. The van der Waals surface area contributed by atoms with E-state index >= 15 is 0 Å². The van der Waals surface area contributed by atoms with E-state index in [1.54, 1.807) is 5.37 Å². The first-order valence-electron chi connectivity index (χ1n) is 10.4. The van der Waals surface area contributed by atoms with Crippen LogP contribution in [0.1, 0.15) is 37.5 Å². The van der Waals surface area contributed by atoms with E-state index in [2.05, 4.69) is 69.9 Å². The van der Waals surface area contributed by atoms with Gasteiger partial charge in [-0.25, -0.2) is 9.67 Å². The maximum absolute atomic E-state index is 4.99. The van der Waals surface area contributed by atoms with E-state index in [9.17, 15) is 0 Å². The molecule has 0 unspecified atom stereocenters. The Labute approximate surface area is 186 Å². The number of rotatable bonds is 9. The Hall–Kier alpha value is -3.26. The first-order valence-corrected chi connectivity index (χ1v) is 10.9. The Bertz CT molecular complexity index is 1130. The van der Waals surface area contributed by atoms with Crippen molar-refractivity contribution in [3.05, 3.63) is 65.7 Å². The summed E-state index contributed by atoms with van der Waals surface area (Å²) >= 11 is 4.99. The molecule has 0 bridgehead atoms. The average Bonchev–Trinajstić information content (AvgIpc) is 3.43. The second-order valence-corrected chi connectivity index (χ2v) is 8.22. The van der Waals surface area contributed by atoms with Gasteiger partial charge in [0.2, 0.25) is 5.82 Å². The van der Waals surface area contributed by atoms with Crippen molar-refractivity contribution in [2.24, 2.45) is 5.92 Å². The number of nitrogens with zero attached hydrogens (tertiary/aromatic N) is 6. The molecule has 0 spiro atoms. The number of nitrogens with one attached hydrogen (secondary N) is 1. The van der Waals surface area contributed by atoms with Crippen LogP contribution in [-0.2, 0) is 19.4 Å². The van der Waals surface area contributed by atoms with E-state index in [4.69, 9.17) is 17.2 Å². The van der Waals surface area contributed by atoms with Gasteiger partial charge in [-0.05, 0) is 39.6 Å². The maximum Gasteiger partial charge on any atom is 0.205 e. The quantitative estimate of drug-likeness (QED) is 0.398. The predicted octanol–water partition coefficient (Wildman–Crippen LogP) is 4.30. The number of hydrogen-bond acceptors (Lipinski definition) is 6. The van der Waals surface area contributed by atoms with Crippen molar-refractivity contribution in [1.29, 1.82) is 0 Å². The number of hydrogen-bond donors (Lipinski definition) is 1. The minimum Gasteiger partial charge on any atom is -0.245 e. The topological polar surface area (TPSA) is 85.2 Å². The molecular weight excluding hydrogens is 406 g/mol. The first kappa shape index (κ1) is 21.0. The Morgan fingerprint density at radius 1 is 1.06 bits per heavy atom. The Balaban J connectivity index is 1.57. The summed E-state index contributed by atoms with van der Waals surface area (Å²) in [7, 11) is 0. The molecule has 7 nitrogen and oxygen atoms in total. The van der Waals surface area contributed by atoms with Gasteiger partial charge in [-0.1, -0.05) is 74.6 Å². The zero-order valence-electron chi connectivity index (χ0n) is 17.7. The summed E-state index contributed by atoms with van der Waals surface area (Å²) < 4.78 is 2.01. The molecule has 4 rings (SSSR count). The van der Waals surface area contributed by atoms with Crippen molar-refractivity contribution in [2.75, 3.05) is 0 Å². The zero-order chi connectivity index (χ0) is 21.6. The molecule has 0 atom stereocenters. The number of benzene rings is 2. The van der Waals surface area contributed by atoms with Crippen LogP contribution in [0.3, 0.4) is 0 Å². The van der Waals surface area contributed by atoms with Crippen LogP contribution in [0, 0.1) is 5.92 Å². The Morgan fingerprint density at radius 3 is 2.52 bits per heavy atom. The number of aryl methyl sites for hydroxylation is 1. The number of aromatic amines is 1. The van der Waals surface area contributed by atoms with Crippen molar-refractivity contribution < 1.29 is 0 Å². The largest absolute Gasteiger partial charge is 0.245 e. The van der Waals surface area contributed by atoms with Crippen molar-refractivity contribution in [3.63, 3.8) is 0 Å². The van der Waals surface area contributed by atoms with Gasteiger partial charge in [-0.15, -0.1) is 10.2 Å². The summed E-state index contributed by atoms with van der Waals surface area (Å²) in [5.41, 5.74) is 4.28.